The molecule has 0 saturated carbocycles. The molecular formula is C7H12N4. The van der Waals surface area contributed by atoms with Crippen LogP contribution in [0.4, 0.5) is 0 Å². The molecule has 1 fully saturated rings. The van der Waals surface area contributed by atoms with Crippen LogP contribution in [0.1, 0.15) is 24.6 Å². The van der Waals surface area contributed by atoms with Crippen molar-refractivity contribution in [3.63, 3.8) is 0 Å². The number of nitrogens with one attached hydrogen (secondary N) is 1. The molecule has 0 aliphatic carbocycles. The third kappa shape index (κ3) is 1.26. The average Bonchev–Trinajstić information content (AvgIpc) is 2.55. The smallest absolute Gasteiger partial charge is 0.0996 e. The first kappa shape index (κ1) is 6.79. The lowest BCUT2D eigenvalue weighted by molar-refractivity contribution is 0.624. The summed E-state index contributed by atoms with van der Waals surface area (Å²) in [5.41, 5.74) is 1.07. The van der Waals surface area contributed by atoms with Crippen LogP contribution in [0.15, 0.2) is 6.20 Å². The first-order valence-corrected chi connectivity index (χ1v) is 3.96. The number of aryl methyl sites for hydroxylation is 1. The van der Waals surface area contributed by atoms with Crippen LogP contribution < -0.4 is 5.32 Å². The fraction of sp³-hybridized carbons (Fsp3) is 0.714. The minimum atomic E-state index is 0.448. The van der Waals surface area contributed by atoms with E-state index in [0.29, 0.717) is 6.04 Å². The van der Waals surface area contributed by atoms with E-state index in [4.69, 9.17) is 0 Å². The third-order valence-electron chi connectivity index (χ3n) is 2.04. The van der Waals surface area contributed by atoms with Gasteiger partial charge in [0.15, 0.2) is 0 Å². The van der Waals surface area contributed by atoms with E-state index in [1.807, 2.05) is 13.2 Å². The fourth-order valence-electron chi connectivity index (χ4n) is 1.46. The molecule has 0 aromatic carbocycles. The van der Waals surface area contributed by atoms with Crippen molar-refractivity contribution in [1.29, 1.82) is 0 Å². The molecule has 1 saturated heterocycles. The summed E-state index contributed by atoms with van der Waals surface area (Å²) in [6.07, 6.45) is 4.42. The van der Waals surface area contributed by atoms with Crippen molar-refractivity contribution in [3.05, 3.63) is 11.9 Å². The number of aromatic nitrogens is 3. The molecule has 0 spiro atoms. The Kier molecular flexibility index (Phi) is 1.62. The Morgan fingerprint density at radius 3 is 3.18 bits per heavy atom. The normalized spacial score (nSPS) is 24.3. The van der Waals surface area contributed by atoms with Gasteiger partial charge in [0.1, 0.15) is 0 Å². The predicted molar refractivity (Wildman–Crippen MR) is 41.0 cm³/mol. The molecule has 4 nitrogen and oxygen atoms in total. The van der Waals surface area contributed by atoms with Gasteiger partial charge in [-0.3, -0.25) is 4.68 Å². The summed E-state index contributed by atoms with van der Waals surface area (Å²) >= 11 is 0. The maximum absolute atomic E-state index is 4.05. The topological polar surface area (TPSA) is 42.7 Å². The van der Waals surface area contributed by atoms with E-state index in [2.05, 4.69) is 15.6 Å². The van der Waals surface area contributed by atoms with E-state index in [9.17, 15) is 0 Å². The third-order valence-corrected chi connectivity index (χ3v) is 2.04. The van der Waals surface area contributed by atoms with Gasteiger partial charge in [0, 0.05) is 13.2 Å². The maximum Gasteiger partial charge on any atom is 0.0996 e. The number of hydrogen-bond acceptors (Lipinski definition) is 3. The van der Waals surface area contributed by atoms with Crippen molar-refractivity contribution in [3.8, 4) is 0 Å². The Hall–Kier alpha value is -0.900. The van der Waals surface area contributed by atoms with Crippen LogP contribution >= 0.6 is 0 Å². The van der Waals surface area contributed by atoms with Crippen LogP contribution in [-0.2, 0) is 7.05 Å². The fourth-order valence-corrected chi connectivity index (χ4v) is 1.46. The van der Waals surface area contributed by atoms with Gasteiger partial charge in [-0.05, 0) is 19.4 Å². The van der Waals surface area contributed by atoms with Crippen molar-refractivity contribution in [2.45, 2.75) is 18.9 Å². The lowest BCUT2D eigenvalue weighted by Gasteiger charge is -2.02. The van der Waals surface area contributed by atoms with Gasteiger partial charge in [0.05, 0.1) is 11.7 Å². The van der Waals surface area contributed by atoms with Gasteiger partial charge >= 0.3 is 0 Å². The number of hydrogen-bond donors (Lipinski definition) is 1. The summed E-state index contributed by atoms with van der Waals surface area (Å²) in [6, 6.07) is 0.448. The lowest BCUT2D eigenvalue weighted by Crippen LogP contribution is -2.13. The van der Waals surface area contributed by atoms with Crippen molar-refractivity contribution < 1.29 is 0 Å². The highest BCUT2D eigenvalue weighted by Crippen LogP contribution is 2.19. The van der Waals surface area contributed by atoms with Gasteiger partial charge in [0.2, 0.25) is 0 Å². The quantitative estimate of drug-likeness (QED) is 0.626. The monoisotopic (exact) mass is 152 g/mol. The van der Waals surface area contributed by atoms with Crippen molar-refractivity contribution in [2.75, 3.05) is 6.54 Å². The zero-order chi connectivity index (χ0) is 7.68. The van der Waals surface area contributed by atoms with E-state index >= 15 is 0 Å². The molecule has 1 aromatic heterocycles. The zero-order valence-electron chi connectivity index (χ0n) is 6.62. The predicted octanol–water partition coefficient (Wildman–Crippen LogP) is 0.240. The van der Waals surface area contributed by atoms with E-state index in [1.165, 1.54) is 12.8 Å². The molecule has 0 unspecified atom stereocenters. The van der Waals surface area contributed by atoms with Gasteiger partial charge in [-0.15, -0.1) is 5.10 Å². The molecule has 0 radical (unpaired) electrons. The molecule has 1 atom stereocenters. The second kappa shape index (κ2) is 2.62. The minimum absolute atomic E-state index is 0.448. The van der Waals surface area contributed by atoms with Crippen LogP contribution in [0.5, 0.6) is 0 Å². The van der Waals surface area contributed by atoms with E-state index < -0.39 is 0 Å². The van der Waals surface area contributed by atoms with Gasteiger partial charge in [-0.2, -0.15) is 0 Å². The highest BCUT2D eigenvalue weighted by Gasteiger charge is 2.18. The second-order valence-electron chi connectivity index (χ2n) is 2.97. The summed E-state index contributed by atoms with van der Waals surface area (Å²) in [6.45, 7) is 1.11. The van der Waals surface area contributed by atoms with Crippen LogP contribution in [0.2, 0.25) is 0 Å². The average molecular weight is 152 g/mol. The molecule has 0 amide bonds. The van der Waals surface area contributed by atoms with Gasteiger partial charge in [-0.25, -0.2) is 0 Å². The van der Waals surface area contributed by atoms with Crippen LogP contribution in [0.3, 0.4) is 0 Å². The summed E-state index contributed by atoms with van der Waals surface area (Å²) in [5, 5.41) is 11.3. The Bertz CT molecular complexity index is 236. The van der Waals surface area contributed by atoms with Crippen molar-refractivity contribution in [2.24, 2.45) is 7.05 Å². The van der Waals surface area contributed by atoms with Crippen molar-refractivity contribution >= 4 is 0 Å². The highest BCUT2D eigenvalue weighted by atomic mass is 15.4. The first-order chi connectivity index (χ1) is 5.36. The van der Waals surface area contributed by atoms with Gasteiger partial charge in [-0.1, -0.05) is 5.21 Å². The maximum atomic E-state index is 4.05. The Labute approximate surface area is 65.6 Å². The van der Waals surface area contributed by atoms with E-state index in [1.54, 1.807) is 4.68 Å². The summed E-state index contributed by atoms with van der Waals surface area (Å²) in [5.74, 6) is 0. The van der Waals surface area contributed by atoms with Crippen LogP contribution in [0.25, 0.3) is 0 Å². The number of rotatable bonds is 1. The standard InChI is InChI=1S/C7H12N4/c1-11-5-7(9-10-11)6-3-2-4-8-6/h5-6,8H,2-4H2,1H3/t6-/m0/s1. The molecule has 1 N–H and O–H groups in total. The molecule has 11 heavy (non-hydrogen) atoms. The molecule has 4 heteroatoms. The molecule has 2 rings (SSSR count). The van der Waals surface area contributed by atoms with Crippen LogP contribution in [-0.4, -0.2) is 21.5 Å². The minimum Gasteiger partial charge on any atom is -0.309 e. The molecule has 0 bridgehead atoms. The Balaban J connectivity index is 2.15. The zero-order valence-corrected chi connectivity index (χ0v) is 6.62. The lowest BCUT2D eigenvalue weighted by atomic mass is 10.2. The largest absolute Gasteiger partial charge is 0.309 e. The van der Waals surface area contributed by atoms with Crippen LogP contribution in [0, 0.1) is 0 Å². The number of nitrogens with zero attached hydrogens (tertiary/aromatic N) is 3. The molecular weight excluding hydrogens is 140 g/mol. The van der Waals surface area contributed by atoms with Crippen molar-refractivity contribution in [1.82, 2.24) is 20.3 Å². The summed E-state index contributed by atoms with van der Waals surface area (Å²) < 4.78 is 1.75. The SMILES string of the molecule is Cn1cc([C@@H]2CCCN2)nn1. The molecule has 60 valence electrons. The Morgan fingerprint density at radius 1 is 1.73 bits per heavy atom. The summed E-state index contributed by atoms with van der Waals surface area (Å²) in [4.78, 5) is 0. The second-order valence-corrected chi connectivity index (χ2v) is 2.97. The molecule has 2 heterocycles. The van der Waals surface area contributed by atoms with E-state index in [0.717, 1.165) is 12.2 Å². The Morgan fingerprint density at radius 2 is 2.64 bits per heavy atom. The van der Waals surface area contributed by atoms with E-state index in [-0.39, 0.29) is 0 Å². The van der Waals surface area contributed by atoms with Gasteiger partial charge < -0.3 is 5.32 Å². The van der Waals surface area contributed by atoms with Gasteiger partial charge in [0.25, 0.3) is 0 Å². The molecule has 1 aliphatic rings. The molecule has 1 aliphatic heterocycles. The molecule has 1 aromatic rings. The highest BCUT2D eigenvalue weighted by molar-refractivity contribution is 5.02. The summed E-state index contributed by atoms with van der Waals surface area (Å²) in [7, 11) is 1.89. The first-order valence-electron chi connectivity index (χ1n) is 3.96.